The van der Waals surface area contributed by atoms with Gasteiger partial charge in [0.15, 0.2) is 0 Å². The Kier molecular flexibility index (Phi) is 4.41. The van der Waals surface area contributed by atoms with E-state index >= 15 is 0 Å². The molecule has 2 aromatic rings. The third kappa shape index (κ3) is 3.85. The largest absolute Gasteiger partial charge is 0.480 e. The van der Waals surface area contributed by atoms with Crippen molar-refractivity contribution < 1.29 is 9.90 Å². The number of aryl methyl sites for hydroxylation is 2. The third-order valence-electron chi connectivity index (χ3n) is 3.18. The molecule has 0 bridgehead atoms. The first-order valence-electron chi connectivity index (χ1n) is 6.63. The van der Waals surface area contributed by atoms with E-state index in [1.807, 2.05) is 61.2 Å². The van der Waals surface area contributed by atoms with Crippen molar-refractivity contribution in [2.45, 2.75) is 20.4 Å². The van der Waals surface area contributed by atoms with Crippen LogP contribution in [0.1, 0.15) is 16.7 Å². The molecule has 0 unspecified atom stereocenters. The molecule has 3 heteroatoms. The predicted molar refractivity (Wildman–Crippen MR) is 81.0 cm³/mol. The van der Waals surface area contributed by atoms with Crippen LogP contribution >= 0.6 is 0 Å². The molecule has 0 radical (unpaired) electrons. The molecule has 3 nitrogen and oxygen atoms in total. The van der Waals surface area contributed by atoms with Crippen molar-refractivity contribution in [2.24, 2.45) is 0 Å². The molecular formula is C17H19NO2. The Labute approximate surface area is 119 Å². The van der Waals surface area contributed by atoms with Gasteiger partial charge in [0, 0.05) is 12.2 Å². The fourth-order valence-corrected chi connectivity index (χ4v) is 2.19. The van der Waals surface area contributed by atoms with Gasteiger partial charge in [0.1, 0.15) is 6.54 Å². The zero-order chi connectivity index (χ0) is 14.5. The molecule has 1 N–H and O–H groups in total. The maximum Gasteiger partial charge on any atom is 0.323 e. The normalized spacial score (nSPS) is 10.3. The molecule has 0 atom stereocenters. The van der Waals surface area contributed by atoms with Crippen LogP contribution in [-0.2, 0) is 11.3 Å². The highest BCUT2D eigenvalue weighted by atomic mass is 16.4. The van der Waals surface area contributed by atoms with Crippen molar-refractivity contribution >= 4 is 11.7 Å². The first-order chi connectivity index (χ1) is 9.54. The minimum Gasteiger partial charge on any atom is -0.480 e. The lowest BCUT2D eigenvalue weighted by Gasteiger charge is -2.23. The van der Waals surface area contributed by atoms with Crippen LogP contribution in [0.2, 0.25) is 0 Å². The van der Waals surface area contributed by atoms with Crippen molar-refractivity contribution in [3.8, 4) is 0 Å². The molecule has 0 aliphatic rings. The van der Waals surface area contributed by atoms with Gasteiger partial charge in [-0.05, 0) is 31.5 Å². The molecule has 0 saturated carbocycles. The lowest BCUT2D eigenvalue weighted by atomic mass is 10.1. The Morgan fingerprint density at radius 2 is 1.75 bits per heavy atom. The van der Waals surface area contributed by atoms with E-state index in [4.69, 9.17) is 5.11 Å². The molecule has 0 amide bonds. The van der Waals surface area contributed by atoms with Crippen LogP contribution in [0.5, 0.6) is 0 Å². The van der Waals surface area contributed by atoms with Crippen molar-refractivity contribution in [3.05, 3.63) is 65.2 Å². The number of hydrogen-bond acceptors (Lipinski definition) is 2. The van der Waals surface area contributed by atoms with Gasteiger partial charge in [-0.15, -0.1) is 0 Å². The molecule has 20 heavy (non-hydrogen) atoms. The molecule has 104 valence electrons. The fraction of sp³-hybridized carbons (Fsp3) is 0.235. The summed E-state index contributed by atoms with van der Waals surface area (Å²) in [5.41, 5.74) is 4.40. The van der Waals surface area contributed by atoms with Crippen molar-refractivity contribution in [3.63, 3.8) is 0 Å². The monoisotopic (exact) mass is 269 g/mol. The summed E-state index contributed by atoms with van der Waals surface area (Å²) in [5.74, 6) is -0.821. The molecule has 2 rings (SSSR count). The van der Waals surface area contributed by atoms with E-state index in [1.54, 1.807) is 0 Å². The Hall–Kier alpha value is -2.29. The molecule has 0 aliphatic carbocycles. The maximum absolute atomic E-state index is 11.1. The lowest BCUT2D eigenvalue weighted by molar-refractivity contribution is -0.135. The van der Waals surface area contributed by atoms with Gasteiger partial charge < -0.3 is 10.0 Å². The van der Waals surface area contributed by atoms with Crippen molar-refractivity contribution in [1.29, 1.82) is 0 Å². The number of benzene rings is 2. The van der Waals surface area contributed by atoms with Gasteiger partial charge >= 0.3 is 5.97 Å². The summed E-state index contributed by atoms with van der Waals surface area (Å²) in [7, 11) is 0. The SMILES string of the molecule is Cc1ccc(N(CC(=O)O)Cc2cccc(C)c2)cc1. The number of nitrogens with zero attached hydrogens (tertiary/aromatic N) is 1. The Balaban J connectivity index is 2.23. The summed E-state index contributed by atoms with van der Waals surface area (Å²) in [6, 6.07) is 16.1. The molecule has 0 spiro atoms. The first-order valence-corrected chi connectivity index (χ1v) is 6.63. The minimum absolute atomic E-state index is 0.00297. The van der Waals surface area contributed by atoms with Crippen LogP contribution in [0.25, 0.3) is 0 Å². The highest BCUT2D eigenvalue weighted by Crippen LogP contribution is 2.18. The van der Waals surface area contributed by atoms with Crippen LogP contribution in [0, 0.1) is 13.8 Å². The summed E-state index contributed by atoms with van der Waals surface area (Å²) in [6.07, 6.45) is 0. The third-order valence-corrected chi connectivity index (χ3v) is 3.18. The smallest absolute Gasteiger partial charge is 0.323 e. The van der Waals surface area contributed by atoms with Crippen LogP contribution in [0.15, 0.2) is 48.5 Å². The highest BCUT2D eigenvalue weighted by molar-refractivity contribution is 5.73. The number of rotatable bonds is 5. The van der Waals surface area contributed by atoms with Gasteiger partial charge in [-0.3, -0.25) is 4.79 Å². The molecule has 0 fully saturated rings. The van der Waals surface area contributed by atoms with E-state index in [0.717, 1.165) is 11.3 Å². The molecule has 0 aromatic heterocycles. The molecule has 0 heterocycles. The number of hydrogen-bond donors (Lipinski definition) is 1. The first kappa shape index (κ1) is 14.1. The second-order valence-electron chi connectivity index (χ2n) is 5.07. The van der Waals surface area contributed by atoms with Gasteiger partial charge in [0.2, 0.25) is 0 Å². The molecule has 0 saturated heterocycles. The topological polar surface area (TPSA) is 40.5 Å². The summed E-state index contributed by atoms with van der Waals surface area (Å²) in [4.78, 5) is 12.9. The zero-order valence-electron chi connectivity index (χ0n) is 11.8. The van der Waals surface area contributed by atoms with E-state index in [9.17, 15) is 4.79 Å². The Morgan fingerprint density at radius 3 is 2.35 bits per heavy atom. The Morgan fingerprint density at radius 1 is 1.05 bits per heavy atom. The lowest BCUT2D eigenvalue weighted by Crippen LogP contribution is -2.29. The second kappa shape index (κ2) is 6.24. The fourth-order valence-electron chi connectivity index (χ4n) is 2.19. The van der Waals surface area contributed by atoms with Gasteiger partial charge in [0.05, 0.1) is 0 Å². The predicted octanol–water partition coefficient (Wildman–Crippen LogP) is 3.39. The summed E-state index contributed by atoms with van der Waals surface area (Å²) < 4.78 is 0. The van der Waals surface area contributed by atoms with Gasteiger partial charge in [-0.2, -0.15) is 0 Å². The van der Waals surface area contributed by atoms with Gasteiger partial charge in [0.25, 0.3) is 0 Å². The average Bonchev–Trinajstić information content (AvgIpc) is 2.38. The van der Waals surface area contributed by atoms with E-state index < -0.39 is 5.97 Å². The number of carboxylic acid groups (broad SMARTS) is 1. The number of carboxylic acids is 1. The van der Waals surface area contributed by atoms with E-state index in [2.05, 4.69) is 6.07 Å². The zero-order valence-corrected chi connectivity index (χ0v) is 11.8. The summed E-state index contributed by atoms with van der Waals surface area (Å²) in [5, 5.41) is 9.09. The van der Waals surface area contributed by atoms with Crippen LogP contribution in [0.3, 0.4) is 0 Å². The number of anilines is 1. The average molecular weight is 269 g/mol. The molecular weight excluding hydrogens is 250 g/mol. The van der Waals surface area contributed by atoms with Crippen molar-refractivity contribution in [2.75, 3.05) is 11.4 Å². The van der Waals surface area contributed by atoms with Crippen LogP contribution in [-0.4, -0.2) is 17.6 Å². The van der Waals surface area contributed by atoms with Crippen molar-refractivity contribution in [1.82, 2.24) is 0 Å². The quantitative estimate of drug-likeness (QED) is 0.904. The van der Waals surface area contributed by atoms with Crippen LogP contribution < -0.4 is 4.90 Å². The summed E-state index contributed by atoms with van der Waals surface area (Å²) >= 11 is 0. The number of aliphatic carboxylic acids is 1. The Bertz CT molecular complexity index is 590. The van der Waals surface area contributed by atoms with Crippen LogP contribution in [0.4, 0.5) is 5.69 Å². The van der Waals surface area contributed by atoms with E-state index in [-0.39, 0.29) is 6.54 Å². The molecule has 2 aromatic carbocycles. The molecule has 0 aliphatic heterocycles. The maximum atomic E-state index is 11.1. The standard InChI is InChI=1S/C17H19NO2/c1-13-6-8-16(9-7-13)18(12-17(19)20)11-15-5-3-4-14(2)10-15/h3-10H,11-12H2,1-2H3,(H,19,20). The van der Waals surface area contributed by atoms with E-state index in [1.165, 1.54) is 11.1 Å². The summed E-state index contributed by atoms with van der Waals surface area (Å²) in [6.45, 7) is 4.65. The number of carbonyl (C=O) groups is 1. The van der Waals surface area contributed by atoms with Gasteiger partial charge in [-0.1, -0.05) is 47.5 Å². The van der Waals surface area contributed by atoms with Gasteiger partial charge in [-0.25, -0.2) is 0 Å². The minimum atomic E-state index is -0.821. The highest BCUT2D eigenvalue weighted by Gasteiger charge is 2.11. The second-order valence-corrected chi connectivity index (χ2v) is 5.07. The van der Waals surface area contributed by atoms with E-state index in [0.29, 0.717) is 6.54 Å².